The van der Waals surface area contributed by atoms with Gasteiger partial charge in [0.2, 0.25) is 5.91 Å². The molecular formula is C20H15N3O5S. The molecule has 0 aliphatic carbocycles. The fraction of sp³-hybridized carbons (Fsp3) is 0.150. The Labute approximate surface area is 170 Å². The molecule has 2 heterocycles. The van der Waals surface area contributed by atoms with E-state index >= 15 is 0 Å². The minimum absolute atomic E-state index is 0.0584. The Bertz CT molecular complexity index is 1030. The number of nitrogens with zero attached hydrogens (tertiary/aromatic N) is 3. The van der Waals surface area contributed by atoms with Crippen LogP contribution in [-0.2, 0) is 9.59 Å². The summed E-state index contributed by atoms with van der Waals surface area (Å²) in [5, 5.41) is 0.210. The van der Waals surface area contributed by atoms with E-state index in [0.717, 1.165) is 21.6 Å². The van der Waals surface area contributed by atoms with E-state index in [0.29, 0.717) is 11.4 Å². The number of thioether (sulfide) groups is 1. The van der Waals surface area contributed by atoms with Crippen molar-refractivity contribution in [3.05, 3.63) is 59.7 Å². The topological polar surface area (TPSA) is 96.3 Å². The van der Waals surface area contributed by atoms with Crippen LogP contribution in [0.4, 0.5) is 5.69 Å². The van der Waals surface area contributed by atoms with Crippen LogP contribution in [0.1, 0.15) is 20.7 Å². The number of benzene rings is 2. The Morgan fingerprint density at radius 3 is 2.24 bits per heavy atom. The van der Waals surface area contributed by atoms with Gasteiger partial charge in [-0.1, -0.05) is 23.9 Å². The third kappa shape index (κ3) is 3.40. The summed E-state index contributed by atoms with van der Waals surface area (Å²) in [4.78, 5) is 56.2. The van der Waals surface area contributed by atoms with Gasteiger partial charge in [0.25, 0.3) is 17.7 Å². The summed E-state index contributed by atoms with van der Waals surface area (Å²) in [7, 11) is 1.55. The lowest BCUT2D eigenvalue weighted by molar-refractivity contribution is -0.137. The number of amidine groups is 1. The van der Waals surface area contributed by atoms with E-state index in [1.54, 1.807) is 43.5 Å². The minimum atomic E-state index is -0.679. The Morgan fingerprint density at radius 1 is 1.03 bits per heavy atom. The molecule has 4 rings (SSSR count). The van der Waals surface area contributed by atoms with Crippen molar-refractivity contribution in [1.82, 2.24) is 9.80 Å². The second kappa shape index (κ2) is 7.51. The molecule has 146 valence electrons. The van der Waals surface area contributed by atoms with Crippen molar-refractivity contribution in [1.29, 1.82) is 0 Å². The van der Waals surface area contributed by atoms with Crippen molar-refractivity contribution in [2.45, 2.75) is 0 Å². The molecule has 2 aromatic carbocycles. The van der Waals surface area contributed by atoms with Gasteiger partial charge in [0.1, 0.15) is 12.3 Å². The van der Waals surface area contributed by atoms with Crippen molar-refractivity contribution in [3.63, 3.8) is 0 Å². The standard InChI is InChI=1S/C20H15N3O5S/c1-28-13-8-6-12(7-9-13)21-20-23(17(25)11-29-20)16(24)10-22-18(26)14-4-2-3-5-15(14)19(22)27/h2-9H,10-11H2,1H3. The first-order valence-corrected chi connectivity index (χ1v) is 9.64. The highest BCUT2D eigenvalue weighted by molar-refractivity contribution is 8.15. The van der Waals surface area contributed by atoms with Crippen LogP contribution < -0.4 is 4.74 Å². The van der Waals surface area contributed by atoms with E-state index in [1.165, 1.54) is 12.1 Å². The van der Waals surface area contributed by atoms with Crippen molar-refractivity contribution < 1.29 is 23.9 Å². The smallest absolute Gasteiger partial charge is 0.262 e. The van der Waals surface area contributed by atoms with E-state index < -0.39 is 30.2 Å². The molecular weight excluding hydrogens is 394 g/mol. The molecule has 0 N–H and O–H groups in total. The number of carbonyl (C=O) groups excluding carboxylic acids is 4. The average Bonchev–Trinajstić information content (AvgIpc) is 3.21. The van der Waals surface area contributed by atoms with Crippen molar-refractivity contribution >= 4 is 46.2 Å². The number of hydrogen-bond donors (Lipinski definition) is 0. The molecule has 4 amide bonds. The predicted molar refractivity (Wildman–Crippen MR) is 106 cm³/mol. The molecule has 2 aromatic rings. The van der Waals surface area contributed by atoms with Gasteiger partial charge in [-0.25, -0.2) is 9.89 Å². The quantitative estimate of drug-likeness (QED) is 0.718. The van der Waals surface area contributed by atoms with Crippen molar-refractivity contribution in [2.24, 2.45) is 4.99 Å². The highest BCUT2D eigenvalue weighted by Gasteiger charge is 2.40. The van der Waals surface area contributed by atoms with Gasteiger partial charge >= 0.3 is 0 Å². The lowest BCUT2D eigenvalue weighted by Crippen LogP contribution is -2.45. The first-order valence-electron chi connectivity index (χ1n) is 8.66. The van der Waals surface area contributed by atoms with Gasteiger partial charge in [-0.15, -0.1) is 0 Å². The van der Waals surface area contributed by atoms with Crippen molar-refractivity contribution in [2.75, 3.05) is 19.4 Å². The monoisotopic (exact) mass is 409 g/mol. The van der Waals surface area contributed by atoms with Crippen LogP contribution >= 0.6 is 11.8 Å². The van der Waals surface area contributed by atoms with E-state index in [-0.39, 0.29) is 22.0 Å². The van der Waals surface area contributed by atoms with Gasteiger partial charge < -0.3 is 4.74 Å². The molecule has 0 aromatic heterocycles. The van der Waals surface area contributed by atoms with Crippen LogP contribution in [0.15, 0.2) is 53.5 Å². The SMILES string of the molecule is COc1ccc(N=C2SCC(=O)N2C(=O)CN2C(=O)c3ccccc3C2=O)cc1. The second-order valence-electron chi connectivity index (χ2n) is 6.25. The number of hydrogen-bond acceptors (Lipinski definition) is 7. The van der Waals surface area contributed by atoms with Crippen molar-refractivity contribution in [3.8, 4) is 5.75 Å². The average molecular weight is 409 g/mol. The lowest BCUT2D eigenvalue weighted by atomic mass is 10.1. The number of methoxy groups -OCH3 is 1. The van der Waals surface area contributed by atoms with E-state index in [1.807, 2.05) is 0 Å². The van der Waals surface area contributed by atoms with Crippen LogP contribution in [0.25, 0.3) is 0 Å². The van der Waals surface area contributed by atoms with E-state index in [4.69, 9.17) is 4.74 Å². The summed E-state index contributed by atoms with van der Waals surface area (Å²) in [5.74, 6) is -1.50. The normalized spacial score (nSPS) is 17.3. The highest BCUT2D eigenvalue weighted by atomic mass is 32.2. The third-order valence-electron chi connectivity index (χ3n) is 4.48. The molecule has 9 heteroatoms. The van der Waals surface area contributed by atoms with Gasteiger partial charge in [-0.2, -0.15) is 0 Å². The Hall–Kier alpha value is -3.46. The molecule has 0 atom stereocenters. The molecule has 0 saturated carbocycles. The molecule has 1 fully saturated rings. The zero-order chi connectivity index (χ0) is 20.5. The predicted octanol–water partition coefficient (Wildman–Crippen LogP) is 2.08. The largest absolute Gasteiger partial charge is 0.497 e. The third-order valence-corrected chi connectivity index (χ3v) is 5.41. The maximum Gasteiger partial charge on any atom is 0.262 e. The zero-order valence-corrected chi connectivity index (χ0v) is 16.1. The summed E-state index contributed by atoms with van der Waals surface area (Å²) in [6, 6.07) is 13.2. The van der Waals surface area contributed by atoms with Crippen LogP contribution in [0.3, 0.4) is 0 Å². The number of amides is 4. The number of imide groups is 2. The Balaban J connectivity index is 1.55. The summed E-state index contributed by atoms with van der Waals surface area (Å²) < 4.78 is 5.10. The molecule has 8 nitrogen and oxygen atoms in total. The Kier molecular flexibility index (Phi) is 4.89. The van der Waals surface area contributed by atoms with Crippen LogP contribution in [-0.4, -0.2) is 58.0 Å². The summed E-state index contributed by atoms with van der Waals surface area (Å²) in [6.07, 6.45) is 0. The fourth-order valence-electron chi connectivity index (χ4n) is 3.05. The number of ether oxygens (including phenoxy) is 1. The van der Waals surface area contributed by atoms with Crippen LogP contribution in [0.5, 0.6) is 5.75 Å². The Morgan fingerprint density at radius 2 is 1.66 bits per heavy atom. The van der Waals surface area contributed by atoms with E-state index in [9.17, 15) is 19.2 Å². The summed E-state index contributed by atoms with van der Waals surface area (Å²) >= 11 is 1.12. The molecule has 1 saturated heterocycles. The minimum Gasteiger partial charge on any atom is -0.497 e. The molecule has 29 heavy (non-hydrogen) atoms. The molecule has 0 spiro atoms. The number of fused-ring (bicyclic) bond motifs is 1. The fourth-order valence-corrected chi connectivity index (χ4v) is 3.93. The first-order chi connectivity index (χ1) is 14.0. The molecule has 2 aliphatic rings. The van der Waals surface area contributed by atoms with Gasteiger partial charge in [-0.05, 0) is 36.4 Å². The first kappa shape index (κ1) is 18.9. The molecule has 0 unspecified atom stereocenters. The molecule has 0 radical (unpaired) electrons. The van der Waals surface area contributed by atoms with Gasteiger partial charge in [-0.3, -0.25) is 24.1 Å². The maximum absolute atomic E-state index is 12.8. The van der Waals surface area contributed by atoms with Gasteiger partial charge in [0.05, 0.1) is 29.7 Å². The second-order valence-corrected chi connectivity index (χ2v) is 7.19. The van der Waals surface area contributed by atoms with Crippen LogP contribution in [0.2, 0.25) is 0 Å². The number of carbonyl (C=O) groups is 4. The number of aliphatic imine (C=N–C) groups is 1. The highest BCUT2D eigenvalue weighted by Crippen LogP contribution is 2.27. The lowest BCUT2D eigenvalue weighted by Gasteiger charge is -2.18. The zero-order valence-electron chi connectivity index (χ0n) is 15.3. The summed E-state index contributed by atoms with van der Waals surface area (Å²) in [6.45, 7) is -0.528. The van der Waals surface area contributed by atoms with Gasteiger partial charge in [0, 0.05) is 0 Å². The van der Waals surface area contributed by atoms with Gasteiger partial charge in [0.15, 0.2) is 5.17 Å². The maximum atomic E-state index is 12.8. The summed E-state index contributed by atoms with van der Waals surface area (Å²) in [5.41, 5.74) is 1.04. The van der Waals surface area contributed by atoms with Crippen LogP contribution in [0, 0.1) is 0 Å². The number of rotatable bonds is 4. The molecule has 2 aliphatic heterocycles. The van der Waals surface area contributed by atoms with E-state index in [2.05, 4.69) is 4.99 Å². The molecule has 0 bridgehead atoms.